The quantitative estimate of drug-likeness (QED) is 0.774. The van der Waals surface area contributed by atoms with E-state index >= 15 is 0 Å². The molecule has 0 amide bonds. The van der Waals surface area contributed by atoms with Crippen molar-refractivity contribution in [2.24, 2.45) is 0 Å². The van der Waals surface area contributed by atoms with Gasteiger partial charge in [-0.05, 0) is 26.0 Å². The molecule has 0 atom stereocenters. The molecule has 2 aromatic rings. The Labute approximate surface area is 106 Å². The molecular formula is C15H15NO2. The first-order chi connectivity index (χ1) is 8.68. The van der Waals surface area contributed by atoms with Gasteiger partial charge in [0.25, 0.3) is 0 Å². The van der Waals surface area contributed by atoms with Crippen LogP contribution in [-0.4, -0.2) is 17.1 Å². The van der Waals surface area contributed by atoms with Gasteiger partial charge in [-0.25, -0.2) is 4.79 Å². The molecule has 1 aromatic heterocycles. The minimum atomic E-state index is -0.336. The van der Waals surface area contributed by atoms with Gasteiger partial charge in [0.1, 0.15) is 0 Å². The van der Waals surface area contributed by atoms with Crippen LogP contribution in [0.2, 0.25) is 0 Å². The predicted molar refractivity (Wildman–Crippen MR) is 70.2 cm³/mol. The second-order valence-electron chi connectivity index (χ2n) is 4.22. The summed E-state index contributed by atoms with van der Waals surface area (Å²) in [4.78, 5) is 16.3. The highest BCUT2D eigenvalue weighted by Gasteiger charge is 2.15. The maximum Gasteiger partial charge on any atom is 0.340 e. The lowest BCUT2D eigenvalue weighted by atomic mass is 10.1. The van der Waals surface area contributed by atoms with Gasteiger partial charge in [-0.1, -0.05) is 30.3 Å². The highest BCUT2D eigenvalue weighted by molar-refractivity contribution is 5.96. The molecule has 92 valence electrons. The van der Waals surface area contributed by atoms with Crippen LogP contribution in [0.1, 0.15) is 24.2 Å². The van der Waals surface area contributed by atoms with Gasteiger partial charge >= 0.3 is 5.97 Å². The summed E-state index contributed by atoms with van der Waals surface area (Å²) in [7, 11) is 0. The van der Waals surface area contributed by atoms with E-state index in [9.17, 15) is 4.79 Å². The number of rotatable bonds is 3. The fourth-order valence-electron chi connectivity index (χ4n) is 1.67. The van der Waals surface area contributed by atoms with E-state index in [-0.39, 0.29) is 12.1 Å². The Morgan fingerprint density at radius 3 is 2.50 bits per heavy atom. The third-order valence-electron chi connectivity index (χ3n) is 2.42. The standard InChI is InChI=1S/C15H15NO2/c1-11(2)18-15(17)13-9-6-10-16-14(13)12-7-4-3-5-8-12/h3-11H,1-2H3. The smallest absolute Gasteiger partial charge is 0.340 e. The van der Waals surface area contributed by atoms with Crippen molar-refractivity contribution in [3.63, 3.8) is 0 Å². The number of nitrogens with zero attached hydrogens (tertiary/aromatic N) is 1. The molecule has 0 bridgehead atoms. The number of carbonyl (C=O) groups is 1. The Morgan fingerprint density at radius 2 is 1.83 bits per heavy atom. The van der Waals surface area contributed by atoms with Crippen LogP contribution < -0.4 is 0 Å². The lowest BCUT2D eigenvalue weighted by molar-refractivity contribution is 0.0378. The van der Waals surface area contributed by atoms with Crippen LogP contribution in [-0.2, 0) is 4.74 Å². The molecule has 0 unspecified atom stereocenters. The fourth-order valence-corrected chi connectivity index (χ4v) is 1.67. The lowest BCUT2D eigenvalue weighted by Crippen LogP contribution is -2.13. The Morgan fingerprint density at radius 1 is 1.11 bits per heavy atom. The maximum atomic E-state index is 12.0. The van der Waals surface area contributed by atoms with E-state index in [4.69, 9.17) is 4.74 Å². The van der Waals surface area contributed by atoms with Crippen molar-refractivity contribution in [1.29, 1.82) is 0 Å². The van der Waals surface area contributed by atoms with Crippen molar-refractivity contribution < 1.29 is 9.53 Å². The van der Waals surface area contributed by atoms with Crippen molar-refractivity contribution in [3.8, 4) is 11.3 Å². The zero-order chi connectivity index (χ0) is 13.0. The average molecular weight is 241 g/mol. The number of benzene rings is 1. The molecule has 0 spiro atoms. The van der Waals surface area contributed by atoms with Crippen LogP contribution in [0.3, 0.4) is 0 Å². The van der Waals surface area contributed by atoms with Crippen LogP contribution in [0.15, 0.2) is 48.7 Å². The number of pyridine rings is 1. The molecule has 0 N–H and O–H groups in total. The summed E-state index contributed by atoms with van der Waals surface area (Å²) < 4.78 is 5.22. The van der Waals surface area contributed by atoms with E-state index < -0.39 is 0 Å². The second-order valence-corrected chi connectivity index (χ2v) is 4.22. The SMILES string of the molecule is CC(C)OC(=O)c1cccnc1-c1ccccc1. The van der Waals surface area contributed by atoms with Gasteiger partial charge in [0.15, 0.2) is 0 Å². The molecule has 0 aliphatic heterocycles. The Balaban J connectivity index is 2.41. The number of ether oxygens (including phenoxy) is 1. The van der Waals surface area contributed by atoms with Crippen LogP contribution in [0.25, 0.3) is 11.3 Å². The zero-order valence-electron chi connectivity index (χ0n) is 10.5. The van der Waals surface area contributed by atoms with Gasteiger partial charge in [0.2, 0.25) is 0 Å². The highest BCUT2D eigenvalue weighted by atomic mass is 16.5. The van der Waals surface area contributed by atoms with Crippen LogP contribution in [0, 0.1) is 0 Å². The van der Waals surface area contributed by atoms with E-state index in [2.05, 4.69) is 4.98 Å². The van der Waals surface area contributed by atoms with Gasteiger partial charge in [0, 0.05) is 11.8 Å². The van der Waals surface area contributed by atoms with E-state index in [0.717, 1.165) is 5.56 Å². The molecule has 2 rings (SSSR count). The molecule has 1 aromatic carbocycles. The third kappa shape index (κ3) is 2.74. The van der Waals surface area contributed by atoms with E-state index in [1.54, 1.807) is 18.3 Å². The highest BCUT2D eigenvalue weighted by Crippen LogP contribution is 2.21. The van der Waals surface area contributed by atoms with E-state index in [1.165, 1.54) is 0 Å². The topological polar surface area (TPSA) is 39.2 Å². The number of aromatic nitrogens is 1. The second kappa shape index (κ2) is 5.45. The molecule has 0 saturated heterocycles. The Bertz CT molecular complexity index is 535. The summed E-state index contributed by atoms with van der Waals surface area (Å²) in [5.74, 6) is -0.336. The first-order valence-electron chi connectivity index (χ1n) is 5.90. The summed E-state index contributed by atoms with van der Waals surface area (Å²) in [5, 5.41) is 0. The Hall–Kier alpha value is -2.16. The van der Waals surface area contributed by atoms with Crippen molar-refractivity contribution >= 4 is 5.97 Å². The van der Waals surface area contributed by atoms with Crippen LogP contribution >= 0.6 is 0 Å². The summed E-state index contributed by atoms with van der Waals surface area (Å²) in [5.41, 5.74) is 2.06. The van der Waals surface area contributed by atoms with Gasteiger partial charge in [-0.2, -0.15) is 0 Å². The normalized spacial score (nSPS) is 10.4. The zero-order valence-corrected chi connectivity index (χ0v) is 10.5. The molecule has 0 aliphatic rings. The minimum Gasteiger partial charge on any atom is -0.459 e. The monoisotopic (exact) mass is 241 g/mol. The van der Waals surface area contributed by atoms with Gasteiger partial charge in [0.05, 0.1) is 17.4 Å². The van der Waals surface area contributed by atoms with E-state index in [0.29, 0.717) is 11.3 Å². The molecule has 1 heterocycles. The largest absolute Gasteiger partial charge is 0.459 e. The summed E-state index contributed by atoms with van der Waals surface area (Å²) in [6, 6.07) is 13.1. The average Bonchev–Trinajstić information content (AvgIpc) is 2.39. The van der Waals surface area contributed by atoms with Crippen LogP contribution in [0.4, 0.5) is 0 Å². The lowest BCUT2D eigenvalue weighted by Gasteiger charge is -2.10. The third-order valence-corrected chi connectivity index (χ3v) is 2.42. The maximum absolute atomic E-state index is 12.0. The Kier molecular flexibility index (Phi) is 3.72. The first-order valence-corrected chi connectivity index (χ1v) is 5.90. The minimum absolute atomic E-state index is 0.138. The van der Waals surface area contributed by atoms with Crippen molar-refractivity contribution in [1.82, 2.24) is 4.98 Å². The first kappa shape index (κ1) is 12.3. The van der Waals surface area contributed by atoms with Crippen molar-refractivity contribution in [3.05, 3.63) is 54.2 Å². The van der Waals surface area contributed by atoms with Crippen molar-refractivity contribution in [2.45, 2.75) is 20.0 Å². The molecule has 0 fully saturated rings. The molecular weight excluding hydrogens is 226 g/mol. The molecule has 0 aliphatic carbocycles. The van der Waals surface area contributed by atoms with Crippen molar-refractivity contribution in [2.75, 3.05) is 0 Å². The van der Waals surface area contributed by atoms with Gasteiger partial charge in [-0.15, -0.1) is 0 Å². The van der Waals surface area contributed by atoms with Gasteiger partial charge < -0.3 is 4.74 Å². The molecule has 0 radical (unpaired) electrons. The molecule has 3 nitrogen and oxygen atoms in total. The van der Waals surface area contributed by atoms with Gasteiger partial charge in [-0.3, -0.25) is 4.98 Å². The number of esters is 1. The number of hydrogen-bond donors (Lipinski definition) is 0. The molecule has 3 heteroatoms. The number of hydrogen-bond acceptors (Lipinski definition) is 3. The molecule has 18 heavy (non-hydrogen) atoms. The van der Waals surface area contributed by atoms with E-state index in [1.807, 2.05) is 44.2 Å². The molecule has 0 saturated carbocycles. The fraction of sp³-hybridized carbons (Fsp3) is 0.200. The van der Waals surface area contributed by atoms with Crippen LogP contribution in [0.5, 0.6) is 0 Å². The summed E-state index contributed by atoms with van der Waals surface area (Å²) in [6.07, 6.45) is 1.54. The summed E-state index contributed by atoms with van der Waals surface area (Å²) >= 11 is 0. The summed E-state index contributed by atoms with van der Waals surface area (Å²) in [6.45, 7) is 3.66. The number of carbonyl (C=O) groups excluding carboxylic acids is 1. The predicted octanol–water partition coefficient (Wildman–Crippen LogP) is 3.31.